The summed E-state index contributed by atoms with van der Waals surface area (Å²) in [6.45, 7) is 4.26. The van der Waals surface area contributed by atoms with E-state index in [2.05, 4.69) is 26.0 Å². The van der Waals surface area contributed by atoms with Crippen molar-refractivity contribution < 1.29 is 0 Å². The summed E-state index contributed by atoms with van der Waals surface area (Å²) >= 11 is 0. The molecule has 2 aliphatic carbocycles. The lowest BCUT2D eigenvalue weighted by atomic mass is 9.82. The summed E-state index contributed by atoms with van der Waals surface area (Å²) in [6.07, 6.45) is 15.7. The minimum atomic E-state index is 0.0730. The molecule has 0 amide bonds. The Balaban J connectivity index is 1.84. The molecule has 1 heterocycles. The molecule has 24 heavy (non-hydrogen) atoms. The van der Waals surface area contributed by atoms with Crippen LogP contribution in [0.5, 0.6) is 0 Å². The molecule has 1 aromatic rings. The van der Waals surface area contributed by atoms with Crippen LogP contribution in [0.1, 0.15) is 37.1 Å². The van der Waals surface area contributed by atoms with E-state index in [4.69, 9.17) is 15.8 Å². The molecule has 0 spiro atoms. The van der Waals surface area contributed by atoms with Crippen LogP contribution >= 0.6 is 0 Å². The van der Waals surface area contributed by atoms with Gasteiger partial charge in [0.2, 0.25) is 0 Å². The standard InChI is InChI=1S/C21H23N3/c1-14(16-8-3-5-10-18(16)22)20-12-7-13-21(24-20)15(2)17-9-4-6-11-19(17)23/h3-17,22-23H,1-2H3. The highest BCUT2D eigenvalue weighted by atomic mass is 14.7. The van der Waals surface area contributed by atoms with Crippen molar-refractivity contribution in [3.05, 3.63) is 78.2 Å². The smallest absolute Gasteiger partial charge is 0.0445 e. The Kier molecular flexibility index (Phi) is 4.70. The van der Waals surface area contributed by atoms with Crippen molar-refractivity contribution in [3.8, 4) is 0 Å². The van der Waals surface area contributed by atoms with Crippen LogP contribution in [0.3, 0.4) is 0 Å². The summed E-state index contributed by atoms with van der Waals surface area (Å²) in [4.78, 5) is 4.88. The van der Waals surface area contributed by atoms with Gasteiger partial charge in [-0.2, -0.15) is 0 Å². The maximum Gasteiger partial charge on any atom is 0.0445 e. The predicted octanol–water partition coefficient (Wildman–Crippen LogP) is 4.81. The molecule has 3 heteroatoms. The lowest BCUT2D eigenvalue weighted by Gasteiger charge is -2.25. The Morgan fingerprint density at radius 2 is 1.25 bits per heavy atom. The average Bonchev–Trinajstić information content (AvgIpc) is 2.61. The highest BCUT2D eigenvalue weighted by molar-refractivity contribution is 5.98. The van der Waals surface area contributed by atoms with Gasteiger partial charge in [-0.15, -0.1) is 0 Å². The van der Waals surface area contributed by atoms with Crippen molar-refractivity contribution in [2.24, 2.45) is 11.8 Å². The van der Waals surface area contributed by atoms with E-state index in [0.29, 0.717) is 11.4 Å². The first-order chi connectivity index (χ1) is 11.6. The van der Waals surface area contributed by atoms with Gasteiger partial charge in [-0.05, 0) is 24.3 Å². The molecule has 1 aromatic heterocycles. The van der Waals surface area contributed by atoms with Crippen LogP contribution in [0, 0.1) is 22.7 Å². The van der Waals surface area contributed by atoms with Crippen molar-refractivity contribution in [2.45, 2.75) is 25.7 Å². The van der Waals surface area contributed by atoms with Gasteiger partial charge in [0.05, 0.1) is 0 Å². The maximum atomic E-state index is 8.14. The molecule has 0 saturated carbocycles. The van der Waals surface area contributed by atoms with Gasteiger partial charge < -0.3 is 10.8 Å². The summed E-state index contributed by atoms with van der Waals surface area (Å²) in [7, 11) is 0. The fourth-order valence-electron chi connectivity index (χ4n) is 3.33. The Hall–Kier alpha value is -2.55. The minimum Gasteiger partial charge on any atom is -0.305 e. The number of aromatic nitrogens is 1. The zero-order valence-corrected chi connectivity index (χ0v) is 14.1. The minimum absolute atomic E-state index is 0.0730. The van der Waals surface area contributed by atoms with Crippen LogP contribution in [0.2, 0.25) is 0 Å². The molecule has 2 N–H and O–H groups in total. The highest BCUT2D eigenvalue weighted by Crippen LogP contribution is 2.31. The average molecular weight is 317 g/mol. The van der Waals surface area contributed by atoms with E-state index >= 15 is 0 Å². The molecule has 4 unspecified atom stereocenters. The third kappa shape index (κ3) is 3.21. The molecule has 0 radical (unpaired) electrons. The molecular formula is C21H23N3. The van der Waals surface area contributed by atoms with Gasteiger partial charge in [0.25, 0.3) is 0 Å². The van der Waals surface area contributed by atoms with Crippen LogP contribution in [0.15, 0.2) is 66.8 Å². The molecule has 0 bridgehead atoms. The lowest BCUT2D eigenvalue weighted by Crippen LogP contribution is -2.21. The predicted molar refractivity (Wildman–Crippen MR) is 100 cm³/mol. The molecule has 3 nitrogen and oxygen atoms in total. The van der Waals surface area contributed by atoms with Crippen LogP contribution < -0.4 is 0 Å². The zero-order chi connectivity index (χ0) is 17.1. The molecule has 0 fully saturated rings. The number of nitrogens with one attached hydrogen (secondary N) is 2. The van der Waals surface area contributed by atoms with Gasteiger partial charge in [-0.1, -0.05) is 56.4 Å². The molecule has 0 aliphatic heterocycles. The maximum absolute atomic E-state index is 8.14. The van der Waals surface area contributed by atoms with E-state index in [0.717, 1.165) is 11.4 Å². The van der Waals surface area contributed by atoms with Crippen molar-refractivity contribution in [1.82, 2.24) is 4.98 Å². The lowest BCUT2D eigenvalue weighted by molar-refractivity contribution is 0.619. The Morgan fingerprint density at radius 3 is 1.67 bits per heavy atom. The van der Waals surface area contributed by atoms with E-state index < -0.39 is 0 Å². The monoisotopic (exact) mass is 317 g/mol. The van der Waals surface area contributed by atoms with E-state index in [9.17, 15) is 0 Å². The Morgan fingerprint density at radius 1 is 0.792 bits per heavy atom. The molecule has 4 atom stereocenters. The zero-order valence-electron chi connectivity index (χ0n) is 14.1. The normalized spacial score (nSPS) is 25.1. The van der Waals surface area contributed by atoms with E-state index in [1.165, 1.54) is 0 Å². The topological polar surface area (TPSA) is 60.6 Å². The molecule has 0 aromatic carbocycles. The van der Waals surface area contributed by atoms with Gasteiger partial charge in [0.15, 0.2) is 0 Å². The van der Waals surface area contributed by atoms with Crippen LogP contribution in [0.4, 0.5) is 0 Å². The summed E-state index contributed by atoms with van der Waals surface area (Å²) in [5.74, 6) is 0.465. The van der Waals surface area contributed by atoms with Gasteiger partial charge in [-0.3, -0.25) is 4.98 Å². The van der Waals surface area contributed by atoms with Crippen molar-refractivity contribution in [3.63, 3.8) is 0 Å². The van der Waals surface area contributed by atoms with E-state index in [1.54, 1.807) is 0 Å². The van der Waals surface area contributed by atoms with Crippen molar-refractivity contribution in [2.75, 3.05) is 0 Å². The second-order valence-electron chi connectivity index (χ2n) is 6.51. The Bertz CT molecular complexity index is 706. The first-order valence-corrected chi connectivity index (χ1v) is 8.41. The fourth-order valence-corrected chi connectivity index (χ4v) is 3.33. The van der Waals surface area contributed by atoms with Gasteiger partial charge in [0, 0.05) is 46.5 Å². The van der Waals surface area contributed by atoms with Crippen molar-refractivity contribution >= 4 is 11.4 Å². The number of pyridine rings is 1. The van der Waals surface area contributed by atoms with Crippen LogP contribution in [0.25, 0.3) is 0 Å². The number of rotatable bonds is 4. The molecule has 3 rings (SSSR count). The quantitative estimate of drug-likeness (QED) is 0.822. The summed E-state index contributed by atoms with van der Waals surface area (Å²) in [5, 5.41) is 16.3. The summed E-state index contributed by atoms with van der Waals surface area (Å²) in [5.41, 5.74) is 3.28. The molecule has 2 aliphatic rings. The van der Waals surface area contributed by atoms with Gasteiger partial charge in [-0.25, -0.2) is 0 Å². The second-order valence-corrected chi connectivity index (χ2v) is 6.51. The Labute approximate surface area is 143 Å². The fraction of sp³-hybridized carbons (Fsp3) is 0.286. The largest absolute Gasteiger partial charge is 0.305 e. The first-order valence-electron chi connectivity index (χ1n) is 8.41. The number of allylic oxidation sites excluding steroid dienone is 8. The van der Waals surface area contributed by atoms with Crippen LogP contribution in [-0.2, 0) is 0 Å². The summed E-state index contributed by atoms with van der Waals surface area (Å²) < 4.78 is 0. The third-order valence-corrected chi connectivity index (χ3v) is 4.93. The number of hydrogen-bond donors (Lipinski definition) is 2. The highest BCUT2D eigenvalue weighted by Gasteiger charge is 2.25. The van der Waals surface area contributed by atoms with Gasteiger partial charge >= 0.3 is 0 Å². The molecule has 0 saturated heterocycles. The van der Waals surface area contributed by atoms with E-state index in [1.807, 2.05) is 54.7 Å². The van der Waals surface area contributed by atoms with Crippen LogP contribution in [-0.4, -0.2) is 16.4 Å². The molecule has 122 valence electrons. The van der Waals surface area contributed by atoms with Gasteiger partial charge in [0.1, 0.15) is 0 Å². The van der Waals surface area contributed by atoms with Crippen molar-refractivity contribution in [1.29, 1.82) is 10.8 Å². The second kappa shape index (κ2) is 6.91. The summed E-state index contributed by atoms with van der Waals surface area (Å²) in [6, 6.07) is 6.13. The first kappa shape index (κ1) is 16.3. The number of hydrogen-bond acceptors (Lipinski definition) is 3. The van der Waals surface area contributed by atoms with E-state index in [-0.39, 0.29) is 23.7 Å². The SMILES string of the molecule is CC(c1cccc(C(C)C2C=CC=CC2=N)n1)C1C=CC=CC1=N. The third-order valence-electron chi connectivity index (χ3n) is 4.93. The molecular weight excluding hydrogens is 294 g/mol. The number of nitrogens with zero attached hydrogens (tertiary/aromatic N) is 1.